The Hall–Kier alpha value is -3.36. The van der Waals surface area contributed by atoms with Gasteiger partial charge in [0.25, 0.3) is 0 Å². The lowest BCUT2D eigenvalue weighted by atomic mass is 9.92. The normalized spacial score (nSPS) is 22.5. The molecule has 5 rings (SSSR count). The van der Waals surface area contributed by atoms with Gasteiger partial charge in [-0.25, -0.2) is 9.48 Å². The van der Waals surface area contributed by atoms with E-state index in [2.05, 4.69) is 23.9 Å². The van der Waals surface area contributed by atoms with Crippen LogP contribution in [0.3, 0.4) is 0 Å². The van der Waals surface area contributed by atoms with Gasteiger partial charge < -0.3 is 9.64 Å². The topological polar surface area (TPSA) is 83.3 Å². The third-order valence-electron chi connectivity index (χ3n) is 6.37. The minimum atomic E-state index is -0.226. The third kappa shape index (κ3) is 3.41. The number of hydrogen-bond acceptors (Lipinski definition) is 5. The minimum absolute atomic E-state index is 0.0170. The van der Waals surface area contributed by atoms with Crippen molar-refractivity contribution >= 4 is 23.6 Å². The highest BCUT2D eigenvalue weighted by atomic mass is 16.5. The largest absolute Gasteiger partial charge is 0.497 e. The number of rotatable bonds is 4. The maximum atomic E-state index is 13.4. The fourth-order valence-corrected chi connectivity index (χ4v) is 5.02. The van der Waals surface area contributed by atoms with E-state index in [-0.39, 0.29) is 18.5 Å². The lowest BCUT2D eigenvalue weighted by molar-refractivity contribution is -0.132. The number of amides is 3. The van der Waals surface area contributed by atoms with Crippen LogP contribution in [0.25, 0.3) is 5.69 Å². The second-order valence-corrected chi connectivity index (χ2v) is 8.96. The fourth-order valence-electron chi connectivity index (χ4n) is 5.02. The Bertz CT molecular complexity index is 1070. The first-order chi connectivity index (χ1) is 15.5. The Morgan fingerprint density at radius 2 is 1.88 bits per heavy atom. The number of urea groups is 1. The van der Waals surface area contributed by atoms with E-state index >= 15 is 0 Å². The summed E-state index contributed by atoms with van der Waals surface area (Å²) in [5.74, 6) is 2.83. The zero-order valence-corrected chi connectivity index (χ0v) is 18.7. The summed E-state index contributed by atoms with van der Waals surface area (Å²) in [7, 11) is 1.62. The van der Waals surface area contributed by atoms with Crippen molar-refractivity contribution in [1.29, 1.82) is 0 Å². The van der Waals surface area contributed by atoms with Crippen molar-refractivity contribution in [1.82, 2.24) is 19.6 Å². The number of ether oxygens (including phenoxy) is 1. The molecule has 1 saturated heterocycles. The van der Waals surface area contributed by atoms with Crippen LogP contribution in [-0.4, -0.2) is 77.2 Å². The van der Waals surface area contributed by atoms with E-state index in [1.54, 1.807) is 27.8 Å². The van der Waals surface area contributed by atoms with Gasteiger partial charge in [0.05, 0.1) is 31.1 Å². The van der Waals surface area contributed by atoms with Crippen molar-refractivity contribution in [3.05, 3.63) is 36.0 Å². The molecule has 32 heavy (non-hydrogen) atoms. The van der Waals surface area contributed by atoms with E-state index in [4.69, 9.17) is 4.74 Å². The summed E-state index contributed by atoms with van der Waals surface area (Å²) in [5, 5.41) is 4.56. The molecule has 9 nitrogen and oxygen atoms in total. The van der Waals surface area contributed by atoms with Crippen molar-refractivity contribution in [3.63, 3.8) is 0 Å². The van der Waals surface area contributed by atoms with Crippen molar-refractivity contribution in [3.8, 4) is 11.4 Å². The number of nitrogens with zero attached hydrogens (tertiary/aromatic N) is 6. The molecule has 0 unspecified atom stereocenters. The van der Waals surface area contributed by atoms with Gasteiger partial charge in [0.1, 0.15) is 18.1 Å². The number of anilines is 1. The van der Waals surface area contributed by atoms with Crippen molar-refractivity contribution in [2.24, 2.45) is 16.8 Å². The molecule has 3 amide bonds. The Balaban J connectivity index is 1.51. The third-order valence-corrected chi connectivity index (χ3v) is 6.37. The molecular weight excluding hydrogens is 408 g/mol. The molecular formula is C23H28N6O3. The summed E-state index contributed by atoms with van der Waals surface area (Å²) in [5.41, 5.74) is 1.55. The van der Waals surface area contributed by atoms with E-state index < -0.39 is 0 Å². The van der Waals surface area contributed by atoms with Gasteiger partial charge in [-0.3, -0.25) is 19.6 Å². The summed E-state index contributed by atoms with van der Waals surface area (Å²) in [6.07, 6.45) is 2.85. The Kier molecular flexibility index (Phi) is 5.11. The summed E-state index contributed by atoms with van der Waals surface area (Å²) < 4.78 is 6.97. The maximum Gasteiger partial charge on any atom is 0.331 e. The van der Waals surface area contributed by atoms with Crippen LogP contribution < -0.4 is 9.64 Å². The summed E-state index contributed by atoms with van der Waals surface area (Å²) in [6.45, 7) is 6.86. The van der Waals surface area contributed by atoms with Crippen molar-refractivity contribution in [2.45, 2.75) is 20.3 Å². The van der Waals surface area contributed by atoms with E-state index in [1.807, 2.05) is 29.2 Å². The number of carbonyl (C=O) groups is 2. The molecule has 9 heteroatoms. The molecule has 0 aliphatic carbocycles. The zero-order chi connectivity index (χ0) is 22.4. The lowest BCUT2D eigenvalue weighted by Gasteiger charge is -2.38. The number of amidine groups is 1. The SMILES string of the molecule is COc1ccc(-n2ncc3c2N(CC(=O)N2C[C@@H](C)C[C@H](C)C2)C(=O)N2CCN=C32)cc1. The molecule has 2 atom stereocenters. The van der Waals surface area contributed by atoms with E-state index in [0.717, 1.165) is 36.5 Å². The van der Waals surface area contributed by atoms with Gasteiger partial charge in [0.15, 0.2) is 5.82 Å². The van der Waals surface area contributed by atoms with Gasteiger partial charge in [-0.15, -0.1) is 0 Å². The predicted octanol–water partition coefficient (Wildman–Crippen LogP) is 2.39. The van der Waals surface area contributed by atoms with Crippen LogP contribution in [0.2, 0.25) is 0 Å². The number of hydrogen-bond donors (Lipinski definition) is 0. The Morgan fingerprint density at radius 3 is 2.56 bits per heavy atom. The highest BCUT2D eigenvalue weighted by molar-refractivity contribution is 6.20. The summed E-state index contributed by atoms with van der Waals surface area (Å²) >= 11 is 0. The highest BCUT2D eigenvalue weighted by Gasteiger charge is 2.42. The second-order valence-electron chi connectivity index (χ2n) is 8.96. The minimum Gasteiger partial charge on any atom is -0.497 e. The number of carbonyl (C=O) groups excluding carboxylic acids is 2. The Labute approximate surface area is 187 Å². The van der Waals surface area contributed by atoms with E-state index in [0.29, 0.717) is 36.6 Å². The van der Waals surface area contributed by atoms with E-state index in [1.165, 1.54) is 0 Å². The molecule has 2 aromatic rings. The molecule has 4 heterocycles. The van der Waals surface area contributed by atoms with Gasteiger partial charge >= 0.3 is 6.03 Å². The van der Waals surface area contributed by atoms with Gasteiger partial charge in [0, 0.05) is 19.6 Å². The first-order valence-electron chi connectivity index (χ1n) is 11.1. The highest BCUT2D eigenvalue weighted by Crippen LogP contribution is 2.33. The molecule has 0 bridgehead atoms. The standard InChI is InChI=1S/C23H28N6O3/c1-15-10-16(2)13-26(12-15)20(30)14-28-22-19(21-24-8-9-27(21)23(28)31)11-25-29(22)17-4-6-18(32-3)7-5-17/h4-7,11,15-16H,8-10,12-14H2,1-3H3/t15-,16-/m0/s1. The molecule has 0 saturated carbocycles. The number of methoxy groups -OCH3 is 1. The average molecular weight is 437 g/mol. The molecule has 0 spiro atoms. The van der Waals surface area contributed by atoms with Gasteiger partial charge in [-0.05, 0) is 42.5 Å². The molecule has 3 aliphatic rings. The number of aromatic nitrogens is 2. The van der Waals surface area contributed by atoms with Crippen LogP contribution in [0.1, 0.15) is 25.8 Å². The molecule has 3 aliphatic heterocycles. The molecule has 1 fully saturated rings. The molecule has 1 aromatic heterocycles. The monoisotopic (exact) mass is 436 g/mol. The molecule has 168 valence electrons. The smallest absolute Gasteiger partial charge is 0.331 e. The average Bonchev–Trinajstić information content (AvgIpc) is 3.43. The number of aliphatic imine (C=N–C) groups is 1. The fraction of sp³-hybridized carbons (Fsp3) is 0.478. The second kappa shape index (κ2) is 7.96. The Morgan fingerprint density at radius 1 is 1.16 bits per heavy atom. The number of fused-ring (bicyclic) bond motifs is 3. The van der Waals surface area contributed by atoms with Crippen molar-refractivity contribution in [2.75, 3.05) is 44.7 Å². The van der Waals surface area contributed by atoms with Crippen molar-refractivity contribution < 1.29 is 14.3 Å². The van der Waals surface area contributed by atoms with Crippen LogP contribution in [0.15, 0.2) is 35.5 Å². The van der Waals surface area contributed by atoms with Crippen LogP contribution in [-0.2, 0) is 4.79 Å². The van der Waals surface area contributed by atoms with E-state index in [9.17, 15) is 9.59 Å². The van der Waals surface area contributed by atoms with Crippen LogP contribution in [0.4, 0.5) is 10.6 Å². The summed E-state index contributed by atoms with van der Waals surface area (Å²) in [6, 6.07) is 7.23. The number of piperidine rings is 1. The summed E-state index contributed by atoms with van der Waals surface area (Å²) in [4.78, 5) is 36.4. The number of benzene rings is 1. The maximum absolute atomic E-state index is 13.4. The first kappa shape index (κ1) is 20.5. The molecule has 0 radical (unpaired) electrons. The van der Waals surface area contributed by atoms with Gasteiger partial charge in [0.2, 0.25) is 5.91 Å². The first-order valence-corrected chi connectivity index (χ1v) is 11.1. The molecule has 0 N–H and O–H groups in total. The van der Waals surface area contributed by atoms with Crippen LogP contribution in [0, 0.1) is 11.8 Å². The van der Waals surface area contributed by atoms with Gasteiger partial charge in [-0.2, -0.15) is 5.10 Å². The molecule has 1 aromatic carbocycles. The lowest BCUT2D eigenvalue weighted by Crippen LogP contribution is -2.54. The zero-order valence-electron chi connectivity index (χ0n) is 18.7. The predicted molar refractivity (Wildman–Crippen MR) is 120 cm³/mol. The van der Waals surface area contributed by atoms with Crippen LogP contribution in [0.5, 0.6) is 5.75 Å². The van der Waals surface area contributed by atoms with Gasteiger partial charge in [-0.1, -0.05) is 13.8 Å². The van der Waals surface area contributed by atoms with Crippen LogP contribution >= 0.6 is 0 Å². The number of likely N-dealkylation sites (tertiary alicyclic amines) is 1. The quantitative estimate of drug-likeness (QED) is 0.737.